The maximum Gasteiger partial charge on any atom is 0.354 e. The molecular formula is C10H17N3O2S. The Morgan fingerprint density at radius 3 is 2.44 bits per heavy atom. The maximum absolute atomic E-state index is 11.7. The summed E-state index contributed by atoms with van der Waals surface area (Å²) < 4.78 is 1.14. The molecule has 5 nitrogen and oxygen atoms in total. The van der Waals surface area contributed by atoms with E-state index in [-0.39, 0.29) is 11.1 Å². The molecule has 1 aromatic rings. The molecule has 1 heterocycles. The fourth-order valence-electron chi connectivity index (χ4n) is 1.24. The Morgan fingerprint density at radius 1 is 1.38 bits per heavy atom. The summed E-state index contributed by atoms with van der Waals surface area (Å²) in [5, 5.41) is 0.391. The molecule has 0 aliphatic heterocycles. The molecule has 0 aromatic carbocycles. The van der Waals surface area contributed by atoms with Gasteiger partial charge in [0, 0.05) is 6.54 Å². The van der Waals surface area contributed by atoms with E-state index in [0.717, 1.165) is 10.3 Å². The van der Waals surface area contributed by atoms with Crippen LogP contribution in [0.5, 0.6) is 0 Å². The van der Waals surface area contributed by atoms with E-state index in [1.807, 2.05) is 27.7 Å². The zero-order valence-corrected chi connectivity index (χ0v) is 10.8. The molecule has 1 rings (SSSR count). The molecule has 0 fully saturated rings. The lowest BCUT2D eigenvalue weighted by Gasteiger charge is -2.18. The molecule has 6 heteroatoms. The Morgan fingerprint density at radius 2 is 2.00 bits per heavy atom. The average Bonchev–Trinajstić information content (AvgIpc) is 2.10. The van der Waals surface area contributed by atoms with Gasteiger partial charge in [-0.1, -0.05) is 39.5 Å². The van der Waals surface area contributed by atoms with Crippen molar-refractivity contribution in [1.29, 1.82) is 0 Å². The molecule has 0 aliphatic rings. The van der Waals surface area contributed by atoms with Gasteiger partial charge in [-0.05, 0) is 11.2 Å². The number of aromatic amines is 1. The Bertz CT molecular complexity index is 439. The molecule has 1 N–H and O–H groups in total. The minimum absolute atomic E-state index is 0.127. The maximum atomic E-state index is 11.7. The van der Waals surface area contributed by atoms with Gasteiger partial charge >= 0.3 is 11.4 Å². The fraction of sp³-hybridized carbons (Fsp3) is 0.700. The van der Waals surface area contributed by atoms with Crippen LogP contribution in [0, 0.1) is 5.41 Å². The van der Waals surface area contributed by atoms with Crippen LogP contribution in [0.3, 0.4) is 0 Å². The van der Waals surface area contributed by atoms with Crippen LogP contribution in [-0.2, 0) is 6.54 Å². The van der Waals surface area contributed by atoms with Gasteiger partial charge in [0.05, 0.1) is 0 Å². The van der Waals surface area contributed by atoms with Crippen LogP contribution in [0.15, 0.2) is 14.7 Å². The zero-order valence-electron chi connectivity index (χ0n) is 10.0. The molecule has 0 atom stereocenters. The largest absolute Gasteiger partial charge is 0.354 e. The van der Waals surface area contributed by atoms with E-state index < -0.39 is 5.69 Å². The summed E-state index contributed by atoms with van der Waals surface area (Å²) >= 11 is 1.35. The number of hydrogen-bond acceptors (Lipinski definition) is 4. The van der Waals surface area contributed by atoms with Crippen LogP contribution in [0.1, 0.15) is 27.7 Å². The predicted octanol–water partition coefficient (Wildman–Crippen LogP) is 1.09. The lowest BCUT2D eigenvalue weighted by molar-refractivity contribution is 0.324. The van der Waals surface area contributed by atoms with Gasteiger partial charge in [0.25, 0.3) is 0 Å². The third-order valence-corrected chi connectivity index (χ3v) is 2.56. The first-order chi connectivity index (χ1) is 7.33. The molecule has 90 valence electrons. The summed E-state index contributed by atoms with van der Waals surface area (Å²) in [6, 6.07) is 0. The van der Waals surface area contributed by atoms with E-state index >= 15 is 0 Å². The van der Waals surface area contributed by atoms with Crippen LogP contribution in [0.25, 0.3) is 0 Å². The summed E-state index contributed by atoms with van der Waals surface area (Å²) in [6.07, 6.45) is 0. The first-order valence-corrected chi connectivity index (χ1v) is 6.16. The normalized spacial score (nSPS) is 11.8. The van der Waals surface area contributed by atoms with Gasteiger partial charge in [-0.3, -0.25) is 4.98 Å². The first kappa shape index (κ1) is 13.0. The number of hydrogen-bond donors (Lipinski definition) is 1. The summed E-state index contributed by atoms with van der Waals surface area (Å²) in [6.45, 7) is 8.20. The van der Waals surface area contributed by atoms with Gasteiger partial charge in [-0.15, -0.1) is 0 Å². The molecule has 16 heavy (non-hydrogen) atoms. The van der Waals surface area contributed by atoms with Crippen molar-refractivity contribution in [2.75, 3.05) is 5.75 Å². The van der Waals surface area contributed by atoms with E-state index in [2.05, 4.69) is 9.97 Å². The molecule has 0 saturated heterocycles. The Hall–Kier alpha value is -1.04. The lowest BCUT2D eigenvalue weighted by atomic mass is 9.97. The molecule has 0 amide bonds. The predicted molar refractivity (Wildman–Crippen MR) is 65.0 cm³/mol. The Kier molecular flexibility index (Phi) is 3.96. The van der Waals surface area contributed by atoms with Gasteiger partial charge in [0.2, 0.25) is 0 Å². The van der Waals surface area contributed by atoms with E-state index in [1.54, 1.807) is 0 Å². The van der Waals surface area contributed by atoms with Crippen molar-refractivity contribution in [3.63, 3.8) is 0 Å². The SMILES string of the molecule is CCSc1nc(=O)n(CC(C)(C)C)c(=O)[nH]1. The van der Waals surface area contributed by atoms with Crippen molar-refractivity contribution in [3.05, 3.63) is 21.0 Å². The van der Waals surface area contributed by atoms with Gasteiger partial charge in [-0.25, -0.2) is 14.2 Å². The Balaban J connectivity index is 3.14. The number of thioether (sulfide) groups is 1. The quantitative estimate of drug-likeness (QED) is 0.807. The average molecular weight is 243 g/mol. The topological polar surface area (TPSA) is 67.8 Å². The van der Waals surface area contributed by atoms with Crippen molar-refractivity contribution in [3.8, 4) is 0 Å². The van der Waals surface area contributed by atoms with Crippen LogP contribution in [-0.4, -0.2) is 20.3 Å². The van der Waals surface area contributed by atoms with E-state index in [9.17, 15) is 9.59 Å². The number of aromatic nitrogens is 3. The fourth-order valence-corrected chi connectivity index (χ4v) is 1.82. The monoisotopic (exact) mass is 243 g/mol. The minimum Gasteiger partial charge on any atom is -0.286 e. The van der Waals surface area contributed by atoms with Crippen LogP contribution >= 0.6 is 11.8 Å². The molecule has 0 bridgehead atoms. The van der Waals surface area contributed by atoms with Gasteiger partial charge in [0.15, 0.2) is 5.16 Å². The van der Waals surface area contributed by atoms with Crippen molar-refractivity contribution in [2.24, 2.45) is 5.41 Å². The standard InChI is InChI=1S/C10H17N3O2S/c1-5-16-7-11-8(14)13(9(15)12-7)6-10(2,3)4/h5-6H2,1-4H3,(H,11,12,14,15). The molecule has 0 spiro atoms. The highest BCUT2D eigenvalue weighted by atomic mass is 32.2. The van der Waals surface area contributed by atoms with Crippen LogP contribution in [0.4, 0.5) is 0 Å². The molecule has 0 saturated carbocycles. The molecule has 0 radical (unpaired) electrons. The van der Waals surface area contributed by atoms with Crippen molar-refractivity contribution in [2.45, 2.75) is 39.4 Å². The van der Waals surface area contributed by atoms with Crippen molar-refractivity contribution in [1.82, 2.24) is 14.5 Å². The van der Waals surface area contributed by atoms with Crippen LogP contribution in [0.2, 0.25) is 0 Å². The summed E-state index contributed by atoms with van der Waals surface area (Å²) in [5.41, 5.74) is -0.988. The lowest BCUT2D eigenvalue weighted by Crippen LogP contribution is -2.40. The summed E-state index contributed by atoms with van der Waals surface area (Å²) in [7, 11) is 0. The summed E-state index contributed by atoms with van der Waals surface area (Å²) in [4.78, 5) is 29.7. The van der Waals surface area contributed by atoms with Gasteiger partial charge < -0.3 is 0 Å². The zero-order chi connectivity index (χ0) is 12.3. The van der Waals surface area contributed by atoms with Gasteiger partial charge in [-0.2, -0.15) is 4.98 Å². The first-order valence-electron chi connectivity index (χ1n) is 5.17. The number of rotatable bonds is 3. The molecule has 0 unspecified atom stereocenters. The number of nitrogens with zero attached hydrogens (tertiary/aromatic N) is 2. The van der Waals surface area contributed by atoms with E-state index in [0.29, 0.717) is 11.7 Å². The second-order valence-corrected chi connectivity index (χ2v) is 5.96. The van der Waals surface area contributed by atoms with Crippen molar-refractivity contribution < 1.29 is 0 Å². The molecule has 0 aliphatic carbocycles. The van der Waals surface area contributed by atoms with Crippen molar-refractivity contribution >= 4 is 11.8 Å². The van der Waals surface area contributed by atoms with E-state index in [4.69, 9.17) is 0 Å². The second-order valence-electron chi connectivity index (χ2n) is 4.71. The third kappa shape index (κ3) is 3.52. The van der Waals surface area contributed by atoms with E-state index in [1.165, 1.54) is 11.8 Å². The minimum atomic E-state index is -0.477. The second kappa shape index (κ2) is 4.86. The molecule has 1 aromatic heterocycles. The highest BCUT2D eigenvalue weighted by Gasteiger charge is 2.15. The highest BCUT2D eigenvalue weighted by Crippen LogP contribution is 2.14. The van der Waals surface area contributed by atoms with Crippen LogP contribution < -0.4 is 11.4 Å². The number of nitrogens with one attached hydrogen (secondary N) is 1. The highest BCUT2D eigenvalue weighted by molar-refractivity contribution is 7.99. The third-order valence-electron chi connectivity index (χ3n) is 1.80. The number of H-pyrrole nitrogens is 1. The summed E-state index contributed by atoms with van der Waals surface area (Å²) in [5.74, 6) is 0.770. The smallest absolute Gasteiger partial charge is 0.286 e. The Labute approximate surface area is 98.3 Å². The van der Waals surface area contributed by atoms with Gasteiger partial charge in [0.1, 0.15) is 0 Å². The molecular weight excluding hydrogens is 226 g/mol.